The van der Waals surface area contributed by atoms with E-state index in [1.54, 1.807) is 0 Å². The third-order valence-electron chi connectivity index (χ3n) is 3.38. The van der Waals surface area contributed by atoms with Gasteiger partial charge in [0, 0.05) is 13.1 Å². The fourth-order valence-electron chi connectivity index (χ4n) is 1.83. The maximum atomic E-state index is 11.7. The predicted molar refractivity (Wildman–Crippen MR) is 88.3 cm³/mol. The van der Waals surface area contributed by atoms with Gasteiger partial charge in [-0.05, 0) is 25.7 Å². The molecule has 144 valence electrons. The van der Waals surface area contributed by atoms with E-state index in [-0.39, 0.29) is 31.8 Å². The maximum absolute atomic E-state index is 11.7. The first kappa shape index (κ1) is 22.8. The van der Waals surface area contributed by atoms with Crippen LogP contribution in [0, 0.1) is 0 Å². The first-order valence-corrected chi connectivity index (χ1v) is 7.92. The highest BCUT2D eigenvalue weighted by Gasteiger charge is 2.17. The van der Waals surface area contributed by atoms with Crippen molar-refractivity contribution >= 4 is 23.8 Å². The van der Waals surface area contributed by atoms with Gasteiger partial charge in [-0.3, -0.25) is 19.2 Å². The lowest BCUT2D eigenvalue weighted by atomic mass is 10.1. The van der Waals surface area contributed by atoms with E-state index in [4.69, 9.17) is 27.4 Å². The van der Waals surface area contributed by atoms with E-state index in [2.05, 4.69) is 10.6 Å². The second-order valence-corrected chi connectivity index (χ2v) is 5.63. The molecule has 0 radical (unpaired) electrons. The smallest absolute Gasteiger partial charge is 0.321 e. The molecule has 11 nitrogen and oxygen atoms in total. The molecule has 3 atom stereocenters. The zero-order valence-corrected chi connectivity index (χ0v) is 13.9. The topological polar surface area (TPSA) is 211 Å². The van der Waals surface area contributed by atoms with Crippen LogP contribution < -0.4 is 27.8 Å². The molecular weight excluding hydrogens is 334 g/mol. The number of amides is 2. The third-order valence-corrected chi connectivity index (χ3v) is 3.38. The van der Waals surface area contributed by atoms with Crippen LogP contribution in [0.15, 0.2) is 0 Å². The van der Waals surface area contributed by atoms with E-state index in [0.29, 0.717) is 19.3 Å². The largest absolute Gasteiger partial charge is 0.480 e. The molecule has 0 unspecified atom stereocenters. The highest BCUT2D eigenvalue weighted by Crippen LogP contribution is 1.97. The van der Waals surface area contributed by atoms with Gasteiger partial charge in [-0.1, -0.05) is 0 Å². The Balaban J connectivity index is 3.79. The zero-order chi connectivity index (χ0) is 19.4. The lowest BCUT2D eigenvalue weighted by Gasteiger charge is -2.13. The molecule has 0 aliphatic carbocycles. The van der Waals surface area contributed by atoms with Gasteiger partial charge in [0.05, 0.1) is 12.5 Å². The molecule has 2 amide bonds. The molecule has 0 aliphatic heterocycles. The van der Waals surface area contributed by atoms with E-state index >= 15 is 0 Å². The van der Waals surface area contributed by atoms with Crippen molar-refractivity contribution in [2.75, 3.05) is 13.1 Å². The quantitative estimate of drug-likeness (QED) is 0.170. The average Bonchev–Trinajstić information content (AvgIpc) is 2.54. The van der Waals surface area contributed by atoms with Crippen LogP contribution >= 0.6 is 0 Å². The number of hydrogen-bond donors (Lipinski definition) is 7. The van der Waals surface area contributed by atoms with Gasteiger partial charge in [0.25, 0.3) is 0 Å². The molecule has 0 spiro atoms. The van der Waals surface area contributed by atoms with E-state index < -0.39 is 36.0 Å². The molecule has 0 saturated heterocycles. The molecule has 0 aromatic rings. The van der Waals surface area contributed by atoms with Crippen LogP contribution in [-0.4, -0.2) is 65.2 Å². The minimum atomic E-state index is -1.25. The van der Waals surface area contributed by atoms with E-state index in [1.165, 1.54) is 0 Å². The predicted octanol–water partition coefficient (Wildman–Crippen LogP) is -2.68. The first-order chi connectivity index (χ1) is 11.6. The number of carboxylic acids is 2. The lowest BCUT2D eigenvalue weighted by Crippen LogP contribution is -2.42. The number of aliphatic carboxylic acids is 2. The average molecular weight is 361 g/mol. The van der Waals surface area contributed by atoms with Crippen LogP contribution in [0.3, 0.4) is 0 Å². The van der Waals surface area contributed by atoms with Crippen molar-refractivity contribution in [3.63, 3.8) is 0 Å². The number of carboxylic acid groups (broad SMARTS) is 2. The number of rotatable bonds is 13. The van der Waals surface area contributed by atoms with Crippen molar-refractivity contribution in [3.8, 4) is 0 Å². The number of carbonyl (C=O) groups excluding carboxylic acids is 2. The summed E-state index contributed by atoms with van der Waals surface area (Å²) >= 11 is 0. The maximum Gasteiger partial charge on any atom is 0.321 e. The van der Waals surface area contributed by atoms with Crippen molar-refractivity contribution in [2.24, 2.45) is 17.2 Å². The fraction of sp³-hybridized carbons (Fsp3) is 0.714. The van der Waals surface area contributed by atoms with Crippen molar-refractivity contribution in [2.45, 2.75) is 50.2 Å². The van der Waals surface area contributed by atoms with E-state index in [0.717, 1.165) is 0 Å². The Morgan fingerprint density at radius 2 is 1.24 bits per heavy atom. The van der Waals surface area contributed by atoms with Crippen LogP contribution in [-0.2, 0) is 19.2 Å². The molecule has 0 rings (SSSR count). The molecule has 0 saturated carbocycles. The van der Waals surface area contributed by atoms with Crippen LogP contribution in [0.1, 0.15) is 32.1 Å². The highest BCUT2D eigenvalue weighted by molar-refractivity contribution is 5.84. The molecule has 0 fully saturated rings. The van der Waals surface area contributed by atoms with Crippen LogP contribution in [0.2, 0.25) is 0 Å². The number of nitrogens with two attached hydrogens (primary N) is 3. The molecular formula is C14H27N5O6. The van der Waals surface area contributed by atoms with E-state index in [1.807, 2.05) is 0 Å². The van der Waals surface area contributed by atoms with Gasteiger partial charge < -0.3 is 38.0 Å². The Hall–Kier alpha value is -2.24. The third kappa shape index (κ3) is 11.0. The van der Waals surface area contributed by atoms with Gasteiger partial charge in [0.2, 0.25) is 11.8 Å². The Kier molecular flexibility index (Phi) is 11.1. The molecule has 11 heteroatoms. The number of nitrogens with one attached hydrogen (secondary N) is 2. The standard InChI is InChI=1S/C14H27N5O6/c15-8(12(21)19-6-2-4-9(16)13(22)23)3-1-5-18-11(20)7-10(17)14(24)25/h8-10H,1-7,15-17H2,(H,18,20)(H,19,21)(H,22,23)(H,24,25)/t8-,9-,10-/m0/s1. The second-order valence-electron chi connectivity index (χ2n) is 5.63. The summed E-state index contributed by atoms with van der Waals surface area (Å²) in [6, 6.07) is -2.96. The number of carbonyl (C=O) groups is 4. The summed E-state index contributed by atoms with van der Waals surface area (Å²) in [7, 11) is 0. The number of hydrogen-bond acceptors (Lipinski definition) is 7. The van der Waals surface area contributed by atoms with Gasteiger partial charge in [-0.15, -0.1) is 0 Å². The summed E-state index contributed by atoms with van der Waals surface area (Å²) in [5.74, 6) is -3.20. The van der Waals surface area contributed by atoms with Crippen molar-refractivity contribution < 1.29 is 29.4 Å². The molecule has 0 aliphatic rings. The first-order valence-electron chi connectivity index (χ1n) is 7.92. The summed E-state index contributed by atoms with van der Waals surface area (Å²) in [6.07, 6.45) is 1.11. The molecule has 0 aromatic carbocycles. The van der Waals surface area contributed by atoms with Gasteiger partial charge in [-0.2, -0.15) is 0 Å². The molecule has 25 heavy (non-hydrogen) atoms. The summed E-state index contributed by atoms with van der Waals surface area (Å²) < 4.78 is 0. The second kappa shape index (κ2) is 12.2. The van der Waals surface area contributed by atoms with Crippen molar-refractivity contribution in [1.29, 1.82) is 0 Å². The van der Waals surface area contributed by atoms with Gasteiger partial charge in [-0.25, -0.2) is 0 Å². The summed E-state index contributed by atoms with van der Waals surface area (Å²) in [4.78, 5) is 44.1. The summed E-state index contributed by atoms with van der Waals surface area (Å²) in [6.45, 7) is 0.525. The van der Waals surface area contributed by atoms with Gasteiger partial charge in [0.15, 0.2) is 0 Å². The molecule has 0 bridgehead atoms. The normalized spacial score (nSPS) is 14.2. The lowest BCUT2D eigenvalue weighted by molar-refractivity contribution is -0.140. The van der Waals surface area contributed by atoms with Crippen LogP contribution in [0.5, 0.6) is 0 Å². The Labute approximate surface area is 145 Å². The molecule has 0 heterocycles. The highest BCUT2D eigenvalue weighted by atomic mass is 16.4. The SMILES string of the molecule is N[C@@H](CCCNC(=O)[C@@H](N)CCCNC(=O)C[C@H](N)C(=O)O)C(=O)O. The van der Waals surface area contributed by atoms with Crippen LogP contribution in [0.25, 0.3) is 0 Å². The van der Waals surface area contributed by atoms with Crippen molar-refractivity contribution in [3.05, 3.63) is 0 Å². The van der Waals surface area contributed by atoms with E-state index in [9.17, 15) is 19.2 Å². The zero-order valence-electron chi connectivity index (χ0n) is 13.9. The summed E-state index contributed by atoms with van der Waals surface area (Å²) in [5.41, 5.74) is 16.3. The minimum absolute atomic E-state index is 0.245. The Bertz CT molecular complexity index is 473. The fourth-order valence-corrected chi connectivity index (χ4v) is 1.83. The molecule has 0 aromatic heterocycles. The molecule has 10 N–H and O–H groups in total. The van der Waals surface area contributed by atoms with Gasteiger partial charge in [0.1, 0.15) is 12.1 Å². The van der Waals surface area contributed by atoms with Crippen LogP contribution in [0.4, 0.5) is 0 Å². The minimum Gasteiger partial charge on any atom is -0.480 e. The summed E-state index contributed by atoms with van der Waals surface area (Å²) in [5, 5.41) is 22.3. The Morgan fingerprint density at radius 1 is 0.760 bits per heavy atom. The van der Waals surface area contributed by atoms with Crippen molar-refractivity contribution in [1.82, 2.24) is 10.6 Å². The monoisotopic (exact) mass is 361 g/mol. The Morgan fingerprint density at radius 3 is 1.76 bits per heavy atom. The van der Waals surface area contributed by atoms with Gasteiger partial charge >= 0.3 is 11.9 Å².